The highest BCUT2D eigenvalue weighted by Gasteiger charge is 2.35. The van der Waals surface area contributed by atoms with Gasteiger partial charge in [0, 0.05) is 24.2 Å². The monoisotopic (exact) mass is 383 g/mol. The molecule has 0 unspecified atom stereocenters. The number of ether oxygens (including phenoxy) is 1. The zero-order chi connectivity index (χ0) is 19.7. The molecular formula is C21H22FN3O3. The fourth-order valence-electron chi connectivity index (χ4n) is 4.10. The Morgan fingerprint density at radius 2 is 2.14 bits per heavy atom. The number of nitrogens with zero attached hydrogens (tertiary/aromatic N) is 2. The van der Waals surface area contributed by atoms with Gasteiger partial charge in [-0.25, -0.2) is 9.07 Å². The lowest BCUT2D eigenvalue weighted by atomic mass is 9.94. The first kappa shape index (κ1) is 18.4. The van der Waals surface area contributed by atoms with Crippen molar-refractivity contribution in [2.75, 3.05) is 13.7 Å². The third kappa shape index (κ3) is 3.69. The maximum atomic E-state index is 14.3. The van der Waals surface area contributed by atoms with Gasteiger partial charge in [-0.15, -0.1) is 0 Å². The first-order valence-corrected chi connectivity index (χ1v) is 9.40. The van der Waals surface area contributed by atoms with Gasteiger partial charge < -0.3 is 10.1 Å². The lowest BCUT2D eigenvalue weighted by Gasteiger charge is -2.18. The summed E-state index contributed by atoms with van der Waals surface area (Å²) in [6.07, 6.45) is 6.78. The molecule has 7 heteroatoms. The predicted molar refractivity (Wildman–Crippen MR) is 102 cm³/mol. The molecule has 1 N–H and O–H groups in total. The molecule has 0 aliphatic heterocycles. The minimum Gasteiger partial charge on any atom is -0.497 e. The van der Waals surface area contributed by atoms with Crippen LogP contribution in [0.2, 0.25) is 0 Å². The Morgan fingerprint density at radius 3 is 2.82 bits per heavy atom. The first-order valence-electron chi connectivity index (χ1n) is 9.40. The second-order valence-electron chi connectivity index (χ2n) is 7.40. The van der Waals surface area contributed by atoms with E-state index in [4.69, 9.17) is 4.74 Å². The Bertz CT molecular complexity index is 985. The smallest absolute Gasteiger partial charge is 0.267 e. The molecular weight excluding hydrogens is 361 g/mol. The van der Waals surface area contributed by atoms with Crippen molar-refractivity contribution in [2.24, 2.45) is 17.8 Å². The van der Waals surface area contributed by atoms with Crippen LogP contribution in [0.3, 0.4) is 0 Å². The number of amides is 1. The number of hydrogen-bond donors (Lipinski definition) is 1. The molecule has 1 saturated carbocycles. The third-order valence-electron chi connectivity index (χ3n) is 5.59. The van der Waals surface area contributed by atoms with Crippen molar-refractivity contribution in [3.8, 4) is 17.0 Å². The van der Waals surface area contributed by atoms with Crippen molar-refractivity contribution in [3.05, 3.63) is 58.7 Å². The van der Waals surface area contributed by atoms with Crippen molar-refractivity contribution < 1.29 is 13.9 Å². The number of carbonyl (C=O) groups is 1. The predicted octanol–water partition coefficient (Wildman–Crippen LogP) is 2.39. The summed E-state index contributed by atoms with van der Waals surface area (Å²) < 4.78 is 20.4. The summed E-state index contributed by atoms with van der Waals surface area (Å²) >= 11 is 0. The summed E-state index contributed by atoms with van der Waals surface area (Å²) in [5.41, 5.74) is 0.116. The second kappa shape index (κ2) is 7.58. The van der Waals surface area contributed by atoms with Crippen molar-refractivity contribution >= 4 is 5.91 Å². The minimum absolute atomic E-state index is 0.193. The van der Waals surface area contributed by atoms with Crippen LogP contribution in [0.1, 0.15) is 12.8 Å². The van der Waals surface area contributed by atoms with Gasteiger partial charge in [0.25, 0.3) is 5.56 Å². The van der Waals surface area contributed by atoms with Crippen LogP contribution in [-0.4, -0.2) is 29.3 Å². The van der Waals surface area contributed by atoms with Gasteiger partial charge in [0.2, 0.25) is 5.91 Å². The van der Waals surface area contributed by atoms with E-state index in [9.17, 15) is 14.0 Å². The van der Waals surface area contributed by atoms with Gasteiger partial charge in [-0.05, 0) is 48.8 Å². The topological polar surface area (TPSA) is 73.2 Å². The maximum Gasteiger partial charge on any atom is 0.267 e. The molecule has 2 aromatic rings. The van der Waals surface area contributed by atoms with Crippen LogP contribution in [0.15, 0.2) is 47.3 Å². The number of rotatable bonds is 6. The van der Waals surface area contributed by atoms with Gasteiger partial charge in [0.05, 0.1) is 12.8 Å². The average molecular weight is 383 g/mol. The molecule has 3 atom stereocenters. The molecule has 1 amide bonds. The molecule has 2 aliphatic carbocycles. The maximum absolute atomic E-state index is 14.3. The zero-order valence-electron chi connectivity index (χ0n) is 15.6. The largest absolute Gasteiger partial charge is 0.497 e. The molecule has 4 rings (SSSR count). The van der Waals surface area contributed by atoms with Crippen LogP contribution in [0.5, 0.6) is 5.75 Å². The highest BCUT2D eigenvalue weighted by molar-refractivity contribution is 5.75. The van der Waals surface area contributed by atoms with Gasteiger partial charge in [0.1, 0.15) is 18.1 Å². The Morgan fingerprint density at radius 1 is 1.29 bits per heavy atom. The molecule has 28 heavy (non-hydrogen) atoms. The molecule has 1 heterocycles. The Hall–Kier alpha value is -2.96. The SMILES string of the molecule is COc1ccc(-c2ccc(=O)n(CC(=O)NC[C@@H]3C[C@H]4C=C[C@@H]3C4)n2)c(F)c1. The van der Waals surface area contributed by atoms with E-state index in [1.165, 1.54) is 37.8 Å². The number of hydrogen-bond acceptors (Lipinski definition) is 4. The van der Waals surface area contributed by atoms with Gasteiger partial charge in [-0.3, -0.25) is 9.59 Å². The summed E-state index contributed by atoms with van der Waals surface area (Å²) in [6, 6.07) is 7.15. The fraction of sp³-hybridized carbons (Fsp3) is 0.381. The molecule has 0 spiro atoms. The molecule has 1 aromatic carbocycles. The Balaban J connectivity index is 1.44. The minimum atomic E-state index is -0.508. The molecule has 2 aliphatic rings. The normalized spacial score (nSPS) is 22.4. The lowest BCUT2D eigenvalue weighted by molar-refractivity contribution is -0.122. The van der Waals surface area contributed by atoms with Crippen LogP contribution < -0.4 is 15.6 Å². The fourth-order valence-corrected chi connectivity index (χ4v) is 4.10. The number of fused-ring (bicyclic) bond motifs is 2. The van der Waals surface area contributed by atoms with Crippen molar-refractivity contribution in [1.29, 1.82) is 0 Å². The number of carbonyl (C=O) groups excluding carboxylic acids is 1. The van der Waals surface area contributed by atoms with Crippen molar-refractivity contribution in [1.82, 2.24) is 15.1 Å². The molecule has 2 bridgehead atoms. The number of allylic oxidation sites excluding steroid dienone is 2. The van der Waals surface area contributed by atoms with E-state index in [1.54, 1.807) is 6.07 Å². The van der Waals surface area contributed by atoms with Gasteiger partial charge in [-0.1, -0.05) is 12.2 Å². The van der Waals surface area contributed by atoms with E-state index in [0.717, 1.165) is 11.1 Å². The Kier molecular flexibility index (Phi) is 4.98. The summed E-state index contributed by atoms with van der Waals surface area (Å²) in [6.45, 7) is 0.410. The van der Waals surface area contributed by atoms with Gasteiger partial charge >= 0.3 is 0 Å². The molecule has 1 aromatic heterocycles. The number of nitrogens with one attached hydrogen (secondary N) is 1. The van der Waals surface area contributed by atoms with E-state index >= 15 is 0 Å². The van der Waals surface area contributed by atoms with Crippen molar-refractivity contribution in [3.63, 3.8) is 0 Å². The summed E-state index contributed by atoms with van der Waals surface area (Å²) in [5.74, 6) is 1.27. The molecule has 146 valence electrons. The van der Waals surface area contributed by atoms with E-state index in [-0.39, 0.29) is 23.7 Å². The zero-order valence-corrected chi connectivity index (χ0v) is 15.6. The molecule has 0 radical (unpaired) electrons. The number of methoxy groups -OCH3 is 1. The number of aromatic nitrogens is 2. The average Bonchev–Trinajstić information content (AvgIpc) is 3.31. The van der Waals surface area contributed by atoms with Gasteiger partial charge in [-0.2, -0.15) is 5.10 Å². The lowest BCUT2D eigenvalue weighted by Crippen LogP contribution is -2.36. The highest BCUT2D eigenvalue weighted by atomic mass is 19.1. The van der Waals surface area contributed by atoms with E-state index in [2.05, 4.69) is 22.6 Å². The Labute approximate surface area is 162 Å². The summed E-state index contributed by atoms with van der Waals surface area (Å²) in [5, 5.41) is 7.08. The van der Waals surface area contributed by atoms with Crippen LogP contribution in [-0.2, 0) is 11.3 Å². The third-order valence-corrected chi connectivity index (χ3v) is 5.59. The second-order valence-corrected chi connectivity index (χ2v) is 7.40. The first-order chi connectivity index (χ1) is 13.5. The van der Waals surface area contributed by atoms with Crippen LogP contribution in [0, 0.1) is 23.6 Å². The highest BCUT2D eigenvalue weighted by Crippen LogP contribution is 2.42. The van der Waals surface area contributed by atoms with Crippen LogP contribution >= 0.6 is 0 Å². The van der Waals surface area contributed by atoms with E-state index < -0.39 is 11.4 Å². The van der Waals surface area contributed by atoms with Gasteiger partial charge in [0.15, 0.2) is 0 Å². The van der Waals surface area contributed by atoms with Crippen LogP contribution in [0.4, 0.5) is 4.39 Å². The van der Waals surface area contributed by atoms with E-state index in [1.807, 2.05) is 0 Å². The van der Waals surface area contributed by atoms with Crippen LogP contribution in [0.25, 0.3) is 11.3 Å². The summed E-state index contributed by atoms with van der Waals surface area (Å²) in [7, 11) is 1.46. The molecule has 0 saturated heterocycles. The number of halogens is 1. The standard InChI is InChI=1S/C21H22FN3O3/c1-28-16-4-5-17(18(22)10-16)19-6-7-21(27)25(24-19)12-20(26)23-11-15-9-13-2-3-14(15)8-13/h2-7,10,13-15H,8-9,11-12H2,1H3,(H,23,26)/t13-,14+,15-/m0/s1. The molecule has 1 fully saturated rings. The summed E-state index contributed by atoms with van der Waals surface area (Å²) in [4.78, 5) is 24.4. The van der Waals surface area contributed by atoms with E-state index in [0.29, 0.717) is 30.0 Å². The number of benzene rings is 1. The quantitative estimate of drug-likeness (QED) is 0.778. The molecule has 6 nitrogen and oxygen atoms in total. The van der Waals surface area contributed by atoms with Crippen molar-refractivity contribution in [2.45, 2.75) is 19.4 Å².